The summed E-state index contributed by atoms with van der Waals surface area (Å²) in [5, 5.41) is 13.6. The molecular formula is C27H27N3O2S. The molecule has 0 fully saturated rings. The van der Waals surface area contributed by atoms with Gasteiger partial charge in [-0.15, -0.1) is 21.5 Å². The standard InChI is InChI=1S/C27H27N3O2S/c31-24(13-6-14-25-29-30-27(32-25)20-9-2-1-3-10-20)28-26(23-12-7-17-33-23)22-16-15-19-8-4-5-11-21(19)18-22/h1-3,7,9-10,12,15-18,26H,4-6,8,11,13-14H2,(H,28,31). The first-order chi connectivity index (χ1) is 16.3. The van der Waals surface area contributed by atoms with Crippen molar-refractivity contribution >= 4 is 17.2 Å². The lowest BCUT2D eigenvalue weighted by Gasteiger charge is -2.22. The van der Waals surface area contributed by atoms with E-state index in [-0.39, 0.29) is 11.9 Å². The number of hydrogen-bond donors (Lipinski definition) is 1. The highest BCUT2D eigenvalue weighted by Gasteiger charge is 2.20. The predicted octanol–water partition coefficient (Wildman–Crippen LogP) is 5.91. The second-order valence-corrected chi connectivity index (χ2v) is 9.45. The molecule has 1 aliphatic carbocycles. The minimum Gasteiger partial charge on any atom is -0.421 e. The lowest BCUT2D eigenvalue weighted by atomic mass is 9.89. The molecule has 2 aromatic heterocycles. The fourth-order valence-electron chi connectivity index (χ4n) is 4.39. The monoisotopic (exact) mass is 457 g/mol. The van der Waals surface area contributed by atoms with Crippen LogP contribution in [0.1, 0.15) is 59.2 Å². The van der Waals surface area contributed by atoms with Crippen LogP contribution in [-0.4, -0.2) is 16.1 Å². The minimum absolute atomic E-state index is 0.0360. The quantitative estimate of drug-likeness (QED) is 0.357. The summed E-state index contributed by atoms with van der Waals surface area (Å²) in [4.78, 5) is 14.0. The lowest BCUT2D eigenvalue weighted by Crippen LogP contribution is -2.29. The van der Waals surface area contributed by atoms with Gasteiger partial charge in [0.05, 0.1) is 6.04 Å². The Morgan fingerprint density at radius 2 is 1.85 bits per heavy atom. The fraction of sp³-hybridized carbons (Fsp3) is 0.296. The summed E-state index contributed by atoms with van der Waals surface area (Å²) >= 11 is 1.68. The zero-order chi connectivity index (χ0) is 22.5. The molecule has 0 saturated heterocycles. The third-order valence-electron chi connectivity index (χ3n) is 6.12. The summed E-state index contributed by atoms with van der Waals surface area (Å²) < 4.78 is 5.76. The average molecular weight is 458 g/mol. The fourth-order valence-corrected chi connectivity index (χ4v) is 5.20. The number of hydrogen-bond acceptors (Lipinski definition) is 5. The highest BCUT2D eigenvalue weighted by atomic mass is 32.1. The molecule has 168 valence electrons. The van der Waals surface area contributed by atoms with Gasteiger partial charge in [0.1, 0.15) is 0 Å². The number of fused-ring (bicyclic) bond motifs is 1. The predicted molar refractivity (Wildman–Crippen MR) is 130 cm³/mol. The molecule has 0 saturated carbocycles. The molecule has 0 aliphatic heterocycles. The van der Waals surface area contributed by atoms with Gasteiger partial charge < -0.3 is 9.73 Å². The van der Waals surface area contributed by atoms with Gasteiger partial charge in [-0.25, -0.2) is 0 Å². The second kappa shape index (κ2) is 10.1. The summed E-state index contributed by atoms with van der Waals surface area (Å²) in [6.07, 6.45) is 6.45. The largest absolute Gasteiger partial charge is 0.421 e. The van der Waals surface area contributed by atoms with E-state index in [1.54, 1.807) is 11.3 Å². The molecule has 1 atom stereocenters. The Hall–Kier alpha value is -3.25. The van der Waals surface area contributed by atoms with Gasteiger partial charge in [-0.3, -0.25) is 4.79 Å². The van der Waals surface area contributed by atoms with Crippen LogP contribution in [0, 0.1) is 0 Å². The van der Waals surface area contributed by atoms with Crippen molar-refractivity contribution in [2.24, 2.45) is 0 Å². The molecule has 5 nitrogen and oxygen atoms in total. The van der Waals surface area contributed by atoms with Crippen LogP contribution in [0.3, 0.4) is 0 Å². The SMILES string of the molecule is O=C(CCCc1nnc(-c2ccccc2)o1)NC(c1ccc2c(c1)CCCC2)c1cccs1. The number of carbonyl (C=O) groups excluding carboxylic acids is 1. The molecule has 6 heteroatoms. The molecule has 1 N–H and O–H groups in total. The van der Waals surface area contributed by atoms with Gasteiger partial charge >= 0.3 is 0 Å². The minimum atomic E-state index is -0.113. The van der Waals surface area contributed by atoms with E-state index in [1.807, 2.05) is 36.4 Å². The van der Waals surface area contributed by atoms with E-state index in [0.29, 0.717) is 31.0 Å². The number of carbonyl (C=O) groups is 1. The maximum absolute atomic E-state index is 12.9. The van der Waals surface area contributed by atoms with Crippen molar-refractivity contribution in [2.75, 3.05) is 0 Å². The molecular weight excluding hydrogens is 430 g/mol. The topological polar surface area (TPSA) is 68.0 Å². The van der Waals surface area contributed by atoms with Gasteiger partial charge in [-0.1, -0.05) is 42.5 Å². The number of thiophene rings is 1. The van der Waals surface area contributed by atoms with Crippen LogP contribution in [-0.2, 0) is 24.1 Å². The van der Waals surface area contributed by atoms with Crippen molar-refractivity contribution in [3.8, 4) is 11.5 Å². The lowest BCUT2D eigenvalue weighted by molar-refractivity contribution is -0.121. The zero-order valence-corrected chi connectivity index (χ0v) is 19.3. The number of aryl methyl sites for hydroxylation is 3. The first-order valence-corrected chi connectivity index (χ1v) is 12.5. The third kappa shape index (κ3) is 5.22. The van der Waals surface area contributed by atoms with Crippen LogP contribution >= 0.6 is 11.3 Å². The molecule has 4 aromatic rings. The Morgan fingerprint density at radius 3 is 2.67 bits per heavy atom. The second-order valence-electron chi connectivity index (χ2n) is 8.47. The van der Waals surface area contributed by atoms with Crippen LogP contribution in [0.15, 0.2) is 70.5 Å². The Labute approximate surface area is 197 Å². The first kappa shape index (κ1) is 21.6. The molecule has 1 unspecified atom stereocenters. The van der Waals surface area contributed by atoms with E-state index in [4.69, 9.17) is 4.42 Å². The maximum Gasteiger partial charge on any atom is 0.247 e. The Morgan fingerprint density at radius 1 is 1.00 bits per heavy atom. The normalized spacial score (nSPS) is 13.9. The molecule has 1 aliphatic rings. The number of nitrogens with one attached hydrogen (secondary N) is 1. The van der Waals surface area contributed by atoms with Crippen molar-refractivity contribution in [1.29, 1.82) is 0 Å². The van der Waals surface area contributed by atoms with E-state index in [0.717, 1.165) is 28.8 Å². The summed E-state index contributed by atoms with van der Waals surface area (Å²) in [6.45, 7) is 0. The summed E-state index contributed by atoms with van der Waals surface area (Å²) in [6, 6.07) is 20.5. The van der Waals surface area contributed by atoms with Gasteiger partial charge in [0, 0.05) is 23.3 Å². The highest BCUT2D eigenvalue weighted by molar-refractivity contribution is 7.10. The maximum atomic E-state index is 12.9. The number of rotatable bonds is 8. The highest BCUT2D eigenvalue weighted by Crippen LogP contribution is 2.30. The van der Waals surface area contributed by atoms with Gasteiger partial charge in [-0.05, 0) is 72.4 Å². The Kier molecular flexibility index (Phi) is 6.63. The van der Waals surface area contributed by atoms with Crippen molar-refractivity contribution in [1.82, 2.24) is 15.5 Å². The van der Waals surface area contributed by atoms with E-state index in [1.165, 1.54) is 24.0 Å². The van der Waals surface area contributed by atoms with Gasteiger partial charge in [0.2, 0.25) is 17.7 Å². The number of aromatic nitrogens is 2. The molecule has 0 radical (unpaired) electrons. The molecule has 0 bridgehead atoms. The number of benzene rings is 2. The van der Waals surface area contributed by atoms with Gasteiger partial charge in [0.15, 0.2) is 0 Å². The smallest absolute Gasteiger partial charge is 0.247 e. The van der Waals surface area contributed by atoms with Crippen molar-refractivity contribution in [2.45, 2.75) is 51.0 Å². The molecule has 1 amide bonds. The van der Waals surface area contributed by atoms with Gasteiger partial charge in [-0.2, -0.15) is 0 Å². The van der Waals surface area contributed by atoms with Crippen LogP contribution in [0.2, 0.25) is 0 Å². The first-order valence-electron chi connectivity index (χ1n) is 11.6. The van der Waals surface area contributed by atoms with Gasteiger partial charge in [0.25, 0.3) is 0 Å². The Balaban J connectivity index is 1.21. The van der Waals surface area contributed by atoms with E-state index < -0.39 is 0 Å². The van der Waals surface area contributed by atoms with E-state index >= 15 is 0 Å². The van der Waals surface area contributed by atoms with Crippen LogP contribution in [0.25, 0.3) is 11.5 Å². The van der Waals surface area contributed by atoms with Crippen LogP contribution in [0.4, 0.5) is 0 Å². The Bertz CT molecular complexity index is 1200. The summed E-state index contributed by atoms with van der Waals surface area (Å²) in [5.41, 5.74) is 4.95. The number of nitrogens with zero attached hydrogens (tertiary/aromatic N) is 2. The van der Waals surface area contributed by atoms with E-state index in [9.17, 15) is 4.79 Å². The molecule has 2 aromatic carbocycles. The molecule has 2 heterocycles. The van der Waals surface area contributed by atoms with Crippen molar-refractivity contribution in [3.63, 3.8) is 0 Å². The number of amides is 1. The van der Waals surface area contributed by atoms with Crippen molar-refractivity contribution < 1.29 is 9.21 Å². The third-order valence-corrected chi connectivity index (χ3v) is 7.06. The average Bonchev–Trinajstić information content (AvgIpc) is 3.56. The summed E-state index contributed by atoms with van der Waals surface area (Å²) in [7, 11) is 0. The molecule has 33 heavy (non-hydrogen) atoms. The van der Waals surface area contributed by atoms with Crippen LogP contribution in [0.5, 0.6) is 0 Å². The molecule has 0 spiro atoms. The van der Waals surface area contributed by atoms with Crippen molar-refractivity contribution in [3.05, 3.63) is 93.5 Å². The van der Waals surface area contributed by atoms with E-state index in [2.05, 4.69) is 45.2 Å². The molecule has 5 rings (SSSR count). The van der Waals surface area contributed by atoms with Crippen LogP contribution < -0.4 is 5.32 Å². The summed E-state index contributed by atoms with van der Waals surface area (Å²) in [5.74, 6) is 1.11. The zero-order valence-electron chi connectivity index (χ0n) is 18.5.